The van der Waals surface area contributed by atoms with Crippen molar-refractivity contribution in [3.8, 4) is 0 Å². The van der Waals surface area contributed by atoms with E-state index in [1.807, 2.05) is 0 Å². The molecule has 0 saturated heterocycles. The van der Waals surface area contributed by atoms with E-state index >= 15 is 0 Å². The van der Waals surface area contributed by atoms with Crippen LogP contribution in [0.1, 0.15) is 15.9 Å². The van der Waals surface area contributed by atoms with Gasteiger partial charge in [0.2, 0.25) is 0 Å². The number of ether oxygens (including phenoxy) is 1. The fourth-order valence-electron chi connectivity index (χ4n) is 1.28. The second-order valence-electron chi connectivity index (χ2n) is 3.24. The van der Waals surface area contributed by atoms with Crippen molar-refractivity contribution in [2.45, 2.75) is 6.92 Å². The van der Waals surface area contributed by atoms with E-state index in [0.717, 1.165) is 13.2 Å². The van der Waals surface area contributed by atoms with Gasteiger partial charge in [-0.05, 0) is 35.6 Å². The van der Waals surface area contributed by atoms with E-state index in [4.69, 9.17) is 0 Å². The number of benzene rings is 1. The Bertz CT molecular complexity index is 437. The van der Waals surface area contributed by atoms with Crippen LogP contribution in [-0.4, -0.2) is 20.1 Å². The largest absolute Gasteiger partial charge is 1.00 e. The van der Waals surface area contributed by atoms with Crippen LogP contribution in [-0.2, 0) is 4.74 Å². The summed E-state index contributed by atoms with van der Waals surface area (Å²) >= 11 is 1.77. The molecule has 1 aromatic carbocycles. The fourth-order valence-corrected chi connectivity index (χ4v) is 1.92. The Morgan fingerprint density at radius 1 is 1.35 bits per heavy atom. The van der Waals surface area contributed by atoms with Crippen LogP contribution in [0.25, 0.3) is 0 Å². The third kappa shape index (κ3) is 4.50. The van der Waals surface area contributed by atoms with Gasteiger partial charge in [0.25, 0.3) is 0 Å². The minimum absolute atomic E-state index is 0. The molecule has 0 N–H and O–H groups in total. The number of halogens is 4. The number of hydrogen-bond acceptors (Lipinski definition) is 2. The Morgan fingerprint density at radius 2 is 1.88 bits per heavy atom. The first-order valence-electron chi connectivity index (χ1n) is 4.35. The van der Waals surface area contributed by atoms with Crippen LogP contribution in [0.3, 0.4) is 0 Å². The average Bonchev–Trinajstić information content (AvgIpc) is 2.18. The molecule has 0 fully saturated rings. The molecule has 1 rings (SSSR count). The monoisotopic (exact) mass is 382 g/mol. The fraction of sp³-hybridized carbons (Fsp3) is 0.222. The van der Waals surface area contributed by atoms with Gasteiger partial charge in [0.05, 0.1) is 12.7 Å². The molecule has 2 nitrogen and oxygen atoms in total. The molecular weight excluding hydrogens is 374 g/mol. The molecule has 0 atom stereocenters. The zero-order valence-corrected chi connectivity index (χ0v) is 14.8. The maximum Gasteiger partial charge on any atom is 1.00 e. The van der Waals surface area contributed by atoms with Crippen LogP contribution in [0.5, 0.6) is 0 Å². The Hall–Kier alpha value is 0.911. The van der Waals surface area contributed by atoms with E-state index in [9.17, 15) is 17.7 Å². The molecule has 1 aromatic rings. The Balaban J connectivity index is 0.00000256. The Morgan fingerprint density at radius 3 is 2.29 bits per heavy atom. The molecule has 0 aliphatic heterocycles. The molecule has 8 heteroatoms. The number of carbonyl (C=O) groups is 1. The number of rotatable bonds is 2. The first kappa shape index (κ1) is 17.9. The first-order chi connectivity index (χ1) is 7.27. The summed E-state index contributed by atoms with van der Waals surface area (Å²) in [7, 11) is 1.13. The predicted octanol–water partition coefficient (Wildman–Crippen LogP) is -0.555. The van der Waals surface area contributed by atoms with Crippen LogP contribution in [0, 0.1) is 10.5 Å². The second kappa shape index (κ2) is 6.90. The first-order valence-corrected chi connectivity index (χ1v) is 5.43. The summed E-state index contributed by atoms with van der Waals surface area (Å²) < 4.78 is 42.8. The smallest absolute Gasteiger partial charge is 0.465 e. The zero-order chi connectivity index (χ0) is 12.5. The molecule has 17 heavy (non-hydrogen) atoms. The minimum atomic E-state index is -5.12. The topological polar surface area (TPSA) is 26.3 Å². The van der Waals surface area contributed by atoms with Gasteiger partial charge in [0, 0.05) is 3.57 Å². The molecule has 0 unspecified atom stereocenters. The van der Waals surface area contributed by atoms with Crippen molar-refractivity contribution in [2.75, 3.05) is 7.11 Å². The third-order valence-corrected chi connectivity index (χ3v) is 3.28. The minimum Gasteiger partial charge on any atom is -0.465 e. The summed E-state index contributed by atoms with van der Waals surface area (Å²) in [4.78, 5) is 11.2. The van der Waals surface area contributed by atoms with E-state index in [1.165, 1.54) is 13.0 Å². The van der Waals surface area contributed by atoms with E-state index in [0.29, 0.717) is 3.57 Å². The summed E-state index contributed by atoms with van der Waals surface area (Å²) in [6, 6.07) is 2.22. The van der Waals surface area contributed by atoms with Crippen LogP contribution >= 0.6 is 22.6 Å². The standard InChI is InChI=1S/C9H8BF3IO2.K/c1-5-7(10(11,12)13)3-6(4-8(5)14)9(15)16-2;/h3-4H,1-2H3;/q-1;+1. The Labute approximate surface area is 153 Å². The molecule has 88 valence electrons. The van der Waals surface area contributed by atoms with Gasteiger partial charge in [-0.25, -0.2) is 4.79 Å². The van der Waals surface area contributed by atoms with Crippen molar-refractivity contribution in [1.82, 2.24) is 0 Å². The van der Waals surface area contributed by atoms with E-state index in [1.54, 1.807) is 22.6 Å². The van der Waals surface area contributed by atoms with Gasteiger partial charge in [-0.15, -0.1) is 5.46 Å². The normalized spacial score (nSPS) is 10.7. The number of esters is 1. The van der Waals surface area contributed by atoms with Gasteiger partial charge in [-0.3, -0.25) is 0 Å². The molecule has 0 saturated carbocycles. The maximum atomic E-state index is 12.7. The molecule has 0 spiro atoms. The molecule has 0 bridgehead atoms. The third-order valence-electron chi connectivity index (χ3n) is 2.16. The summed E-state index contributed by atoms with van der Waals surface area (Å²) in [6.07, 6.45) is 0. The van der Waals surface area contributed by atoms with Crippen LogP contribution < -0.4 is 56.8 Å². The van der Waals surface area contributed by atoms with Gasteiger partial charge in [0.1, 0.15) is 0 Å². The van der Waals surface area contributed by atoms with E-state index in [2.05, 4.69) is 4.74 Å². The van der Waals surface area contributed by atoms with Crippen molar-refractivity contribution in [2.24, 2.45) is 0 Å². The molecule has 0 aromatic heterocycles. The van der Waals surface area contributed by atoms with Crippen molar-refractivity contribution >= 4 is 41.0 Å². The van der Waals surface area contributed by atoms with Gasteiger partial charge < -0.3 is 17.7 Å². The van der Waals surface area contributed by atoms with Crippen LogP contribution in [0.2, 0.25) is 0 Å². The number of carbonyl (C=O) groups excluding carboxylic acids is 1. The Kier molecular flexibility index (Phi) is 7.27. The van der Waals surface area contributed by atoms with Gasteiger partial charge in [-0.1, -0.05) is 11.6 Å². The van der Waals surface area contributed by atoms with Crippen molar-refractivity contribution < 1.29 is 73.9 Å². The van der Waals surface area contributed by atoms with Gasteiger partial charge in [-0.2, -0.15) is 0 Å². The van der Waals surface area contributed by atoms with Crippen LogP contribution in [0.4, 0.5) is 12.9 Å². The van der Waals surface area contributed by atoms with E-state index < -0.39 is 18.4 Å². The zero-order valence-electron chi connectivity index (χ0n) is 9.56. The van der Waals surface area contributed by atoms with Crippen molar-refractivity contribution in [3.05, 3.63) is 26.8 Å². The quantitative estimate of drug-likeness (QED) is 0.390. The number of methoxy groups -OCH3 is 1. The molecule has 0 aliphatic rings. The summed E-state index contributed by atoms with van der Waals surface area (Å²) in [5.41, 5.74) is -0.681. The summed E-state index contributed by atoms with van der Waals surface area (Å²) in [5, 5.41) is 0. The van der Waals surface area contributed by atoms with E-state index in [-0.39, 0.29) is 62.5 Å². The SMILES string of the molecule is COC(=O)c1cc(I)c(C)c([B-](F)(F)F)c1.[K+]. The van der Waals surface area contributed by atoms with Gasteiger partial charge >= 0.3 is 64.3 Å². The van der Waals surface area contributed by atoms with Crippen molar-refractivity contribution in [3.63, 3.8) is 0 Å². The summed E-state index contributed by atoms with van der Waals surface area (Å²) in [6.45, 7) is -3.73. The average molecular weight is 382 g/mol. The van der Waals surface area contributed by atoms with Gasteiger partial charge in [0.15, 0.2) is 0 Å². The predicted molar refractivity (Wildman–Crippen MR) is 63.9 cm³/mol. The molecule has 0 amide bonds. The molecular formula is C9H8BF3IKO2. The van der Waals surface area contributed by atoms with Crippen molar-refractivity contribution in [1.29, 1.82) is 0 Å². The maximum absolute atomic E-state index is 12.7. The second-order valence-corrected chi connectivity index (χ2v) is 4.40. The van der Waals surface area contributed by atoms with Crippen LogP contribution in [0.15, 0.2) is 12.1 Å². The molecule has 0 heterocycles. The molecule has 0 radical (unpaired) electrons. The summed E-state index contributed by atoms with van der Waals surface area (Å²) in [5.74, 6) is -0.765. The molecule has 0 aliphatic carbocycles. The number of hydrogen-bond donors (Lipinski definition) is 0.